The van der Waals surface area contributed by atoms with Gasteiger partial charge in [0, 0.05) is 0 Å². The van der Waals surface area contributed by atoms with Crippen LogP contribution in [0.5, 0.6) is 0 Å². The summed E-state index contributed by atoms with van der Waals surface area (Å²) in [4.78, 5) is 0. The predicted molar refractivity (Wildman–Crippen MR) is 80.5 cm³/mol. The van der Waals surface area contributed by atoms with Crippen molar-refractivity contribution in [2.24, 2.45) is 0 Å². The number of benzene rings is 2. The van der Waals surface area contributed by atoms with E-state index in [0.29, 0.717) is 13.5 Å². The van der Waals surface area contributed by atoms with Crippen molar-refractivity contribution in [3.05, 3.63) is 60.7 Å². The SMILES string of the molecule is [Cl][Pd]([Cl])([PH]c1ccccc1)[PH]c1ccccc1. The van der Waals surface area contributed by atoms with Gasteiger partial charge in [0.25, 0.3) is 0 Å². The molecule has 0 aliphatic carbocycles. The third kappa shape index (κ3) is 4.97. The molecular formula is C12H12Cl2P2Pd. The van der Waals surface area contributed by atoms with Crippen LogP contribution in [0.2, 0.25) is 0 Å². The predicted octanol–water partition coefficient (Wildman–Crippen LogP) is 4.29. The van der Waals surface area contributed by atoms with Gasteiger partial charge in [-0.1, -0.05) is 0 Å². The molecule has 94 valence electrons. The van der Waals surface area contributed by atoms with Crippen molar-refractivity contribution in [3.63, 3.8) is 0 Å². The summed E-state index contributed by atoms with van der Waals surface area (Å²) in [6, 6.07) is 20.6. The Labute approximate surface area is 116 Å². The van der Waals surface area contributed by atoms with E-state index >= 15 is 0 Å². The van der Waals surface area contributed by atoms with Gasteiger partial charge in [-0.2, -0.15) is 0 Å². The van der Waals surface area contributed by atoms with Crippen molar-refractivity contribution in [1.29, 1.82) is 0 Å². The molecule has 2 aromatic carbocycles. The Morgan fingerprint density at radius 2 is 1.00 bits per heavy atom. The van der Waals surface area contributed by atoms with E-state index in [2.05, 4.69) is 24.3 Å². The molecular weight excluding hydrogens is 383 g/mol. The van der Waals surface area contributed by atoms with Gasteiger partial charge < -0.3 is 0 Å². The van der Waals surface area contributed by atoms with Crippen LogP contribution in [0.15, 0.2) is 60.7 Å². The second kappa shape index (κ2) is 6.63. The van der Waals surface area contributed by atoms with E-state index < -0.39 is 12.5 Å². The molecule has 2 rings (SSSR count). The zero-order valence-electron chi connectivity index (χ0n) is 8.85. The molecule has 0 spiro atoms. The number of hydrogen-bond donors (Lipinski definition) is 0. The molecule has 0 aliphatic heterocycles. The third-order valence-electron chi connectivity index (χ3n) is 1.93. The average molecular weight is 396 g/mol. The number of halogens is 2. The Morgan fingerprint density at radius 1 is 0.647 bits per heavy atom. The molecule has 0 aliphatic rings. The van der Waals surface area contributed by atoms with Crippen LogP contribution in [-0.4, -0.2) is 0 Å². The van der Waals surface area contributed by atoms with E-state index in [4.69, 9.17) is 19.1 Å². The Balaban J connectivity index is 2.04. The van der Waals surface area contributed by atoms with Crippen molar-refractivity contribution in [1.82, 2.24) is 0 Å². The summed E-state index contributed by atoms with van der Waals surface area (Å²) in [5.74, 6) is 0. The van der Waals surface area contributed by atoms with Crippen LogP contribution in [0.3, 0.4) is 0 Å². The topological polar surface area (TPSA) is 0 Å². The van der Waals surface area contributed by atoms with Crippen LogP contribution in [0.25, 0.3) is 0 Å². The molecule has 0 saturated heterocycles. The van der Waals surface area contributed by atoms with Gasteiger partial charge in [0.1, 0.15) is 0 Å². The number of hydrogen-bond acceptors (Lipinski definition) is 0. The molecule has 17 heavy (non-hydrogen) atoms. The summed E-state index contributed by atoms with van der Waals surface area (Å²) in [7, 11) is 13.1. The van der Waals surface area contributed by atoms with E-state index in [-0.39, 0.29) is 0 Å². The van der Waals surface area contributed by atoms with Gasteiger partial charge in [0.2, 0.25) is 0 Å². The third-order valence-corrected chi connectivity index (χ3v) is 16.0. The zero-order chi connectivity index (χ0) is 12.1. The molecule has 0 saturated carbocycles. The zero-order valence-corrected chi connectivity index (χ0v) is 13.9. The summed E-state index contributed by atoms with van der Waals surface area (Å²) < 4.78 is 0. The van der Waals surface area contributed by atoms with E-state index in [1.54, 1.807) is 0 Å². The Hall–Kier alpha value is 0.542. The molecule has 0 heterocycles. The molecule has 0 nitrogen and oxygen atoms in total. The molecule has 0 fully saturated rings. The van der Waals surface area contributed by atoms with Gasteiger partial charge in [-0.15, -0.1) is 0 Å². The molecule has 2 atom stereocenters. The summed E-state index contributed by atoms with van der Waals surface area (Å²) >= 11 is -2.30. The molecule has 0 amide bonds. The Morgan fingerprint density at radius 3 is 1.35 bits per heavy atom. The van der Waals surface area contributed by atoms with Crippen LogP contribution < -0.4 is 10.6 Å². The average Bonchev–Trinajstić information content (AvgIpc) is 2.30. The second-order valence-electron chi connectivity index (χ2n) is 3.25. The summed E-state index contributed by atoms with van der Waals surface area (Å²) in [6.07, 6.45) is 0. The first-order valence-electron chi connectivity index (χ1n) is 4.88. The van der Waals surface area contributed by atoms with Gasteiger partial charge >= 0.3 is 116 Å². The fourth-order valence-corrected chi connectivity index (χ4v) is 16.4. The van der Waals surface area contributed by atoms with Gasteiger partial charge in [0.05, 0.1) is 0 Å². The molecule has 0 N–H and O–H groups in total. The molecule has 0 radical (unpaired) electrons. The molecule has 0 bridgehead atoms. The van der Waals surface area contributed by atoms with Crippen molar-refractivity contribution in [2.75, 3.05) is 0 Å². The maximum absolute atomic E-state index is 6.55. The fraction of sp³-hybridized carbons (Fsp3) is 0. The normalized spacial score (nSPS) is 13.8. The minimum absolute atomic E-state index is 0.550. The molecule has 2 unspecified atom stereocenters. The monoisotopic (exact) mass is 394 g/mol. The fourth-order valence-electron chi connectivity index (χ4n) is 1.23. The van der Waals surface area contributed by atoms with Crippen molar-refractivity contribution in [3.8, 4) is 0 Å². The van der Waals surface area contributed by atoms with E-state index in [0.717, 1.165) is 0 Å². The van der Waals surface area contributed by atoms with Crippen molar-refractivity contribution in [2.45, 2.75) is 0 Å². The summed E-state index contributed by atoms with van der Waals surface area (Å²) in [5.41, 5.74) is 0. The molecule has 5 heteroatoms. The van der Waals surface area contributed by atoms with Crippen LogP contribution in [-0.2, 0) is 12.5 Å². The van der Waals surface area contributed by atoms with Crippen LogP contribution in [0, 0.1) is 0 Å². The van der Waals surface area contributed by atoms with Crippen LogP contribution in [0.4, 0.5) is 0 Å². The maximum atomic E-state index is 6.55. The van der Waals surface area contributed by atoms with Gasteiger partial charge in [-0.25, -0.2) is 0 Å². The first kappa shape index (κ1) is 14.0. The second-order valence-corrected chi connectivity index (χ2v) is 26.0. The van der Waals surface area contributed by atoms with E-state index in [9.17, 15) is 0 Å². The molecule has 2 aromatic rings. The van der Waals surface area contributed by atoms with E-state index in [1.165, 1.54) is 10.6 Å². The van der Waals surface area contributed by atoms with Crippen molar-refractivity contribution >= 4 is 43.2 Å². The standard InChI is InChI=1S/2C6H6P.2ClH.Pd/c2*7-6-4-2-1-3-5-6;;;/h2*1-5,7H;2*1H;/q2*-1;;;+4/p-2. The molecule has 0 aromatic heterocycles. The Kier molecular flexibility index (Phi) is 5.45. The van der Waals surface area contributed by atoms with Gasteiger partial charge in [0.15, 0.2) is 0 Å². The minimum atomic E-state index is -2.30. The van der Waals surface area contributed by atoms with Crippen molar-refractivity contribution < 1.29 is 12.5 Å². The van der Waals surface area contributed by atoms with Gasteiger partial charge in [-0.05, 0) is 0 Å². The first-order chi connectivity index (χ1) is 8.16. The van der Waals surface area contributed by atoms with Crippen LogP contribution >= 0.6 is 32.6 Å². The van der Waals surface area contributed by atoms with Gasteiger partial charge in [-0.3, -0.25) is 0 Å². The number of rotatable bonds is 4. The summed E-state index contributed by atoms with van der Waals surface area (Å²) in [6.45, 7) is 1.10. The Bertz CT molecular complexity index is 419. The first-order valence-corrected chi connectivity index (χ1v) is 15.2. The van der Waals surface area contributed by atoms with Crippen LogP contribution in [0.1, 0.15) is 0 Å². The quantitative estimate of drug-likeness (QED) is 0.535. The van der Waals surface area contributed by atoms with E-state index in [1.807, 2.05) is 36.4 Å². The summed E-state index contributed by atoms with van der Waals surface area (Å²) in [5, 5.41) is 2.52.